The lowest BCUT2D eigenvalue weighted by molar-refractivity contribution is -0.438. The largest absolute Gasteiger partial charge is 0.449 e. The van der Waals surface area contributed by atoms with Crippen LogP contribution in [0, 0.1) is 0 Å². The van der Waals surface area contributed by atoms with Crippen LogP contribution in [-0.4, -0.2) is 59.8 Å². The minimum atomic E-state index is -6.53. The fourth-order valence-corrected chi connectivity index (χ4v) is 3.48. The Labute approximate surface area is 168 Å². The third-order valence-electron chi connectivity index (χ3n) is 3.20. The summed E-state index contributed by atoms with van der Waals surface area (Å²) in [6, 6.07) is 0. The second kappa shape index (κ2) is 8.09. The molecule has 0 radical (unpaired) electrons. The molecule has 0 amide bonds. The summed E-state index contributed by atoms with van der Waals surface area (Å²) in [6.07, 6.45) is -16.0. The van der Waals surface area contributed by atoms with Gasteiger partial charge >= 0.3 is 21.4 Å². The highest BCUT2D eigenvalue weighted by Gasteiger charge is 2.75. The van der Waals surface area contributed by atoms with Gasteiger partial charge in [0.2, 0.25) is 0 Å². The van der Waals surface area contributed by atoms with Crippen molar-refractivity contribution in [1.29, 1.82) is 0 Å². The first kappa shape index (κ1) is 25.7. The van der Waals surface area contributed by atoms with Crippen LogP contribution >= 0.6 is 22.6 Å². The van der Waals surface area contributed by atoms with Gasteiger partial charge in [-0.05, 0) is 19.4 Å². The topological polar surface area (TPSA) is 65.1 Å². The maximum Gasteiger partial charge on any atom is 0.449 e. The Balaban J connectivity index is 3.31. The molecule has 0 spiro atoms. The molecular formula is C12H14F8INO5S. The molecule has 166 valence electrons. The molecule has 0 saturated carbocycles. The molecule has 1 rings (SSSR count). The lowest BCUT2D eigenvalue weighted by Crippen LogP contribution is -2.59. The molecule has 28 heavy (non-hydrogen) atoms. The van der Waals surface area contributed by atoms with E-state index in [1.165, 1.54) is 6.92 Å². The lowest BCUT2D eigenvalue weighted by atomic mass is 10.3. The summed E-state index contributed by atoms with van der Waals surface area (Å²) < 4.78 is 138. The van der Waals surface area contributed by atoms with Crippen LogP contribution in [0.4, 0.5) is 35.1 Å². The van der Waals surface area contributed by atoms with Gasteiger partial charge < -0.3 is 9.47 Å². The summed E-state index contributed by atoms with van der Waals surface area (Å²) in [7, 11) is -6.48. The molecule has 0 aromatic heterocycles. The molecule has 0 aliphatic carbocycles. The minimum absolute atomic E-state index is 0.0753. The van der Waals surface area contributed by atoms with E-state index in [0.717, 1.165) is 6.92 Å². The van der Waals surface area contributed by atoms with Crippen molar-refractivity contribution in [3.05, 3.63) is 12.2 Å². The van der Waals surface area contributed by atoms with Crippen molar-refractivity contribution in [3.63, 3.8) is 0 Å². The van der Waals surface area contributed by atoms with E-state index < -0.39 is 50.5 Å². The average molecular weight is 563 g/mol. The zero-order chi connectivity index (χ0) is 22.3. The normalized spacial score (nSPS) is 23.2. The van der Waals surface area contributed by atoms with Crippen molar-refractivity contribution in [1.82, 2.24) is 4.31 Å². The van der Waals surface area contributed by atoms with Crippen molar-refractivity contribution in [2.45, 2.75) is 47.8 Å². The number of nitrogens with zero attached hydrogens (tertiary/aromatic N) is 1. The molecule has 1 heterocycles. The SMILES string of the molecule is C=C(C)[C@H]1O[C@@H](OCC)CN1S(=O)(=O)C(F)(F)C(F)(F)OC(F)(F)C(F)(F)I. The van der Waals surface area contributed by atoms with Crippen LogP contribution in [0.1, 0.15) is 13.8 Å². The molecule has 0 aromatic carbocycles. The standard InChI is InChI=1S/C12H14F8INO5S/c1-4-25-7-5-22(8(26-7)6(2)3)28(23,24)12(19,20)11(17,18)27-10(15,16)9(13,14)21/h7-8H,2,4-5H2,1,3H3/t7-,8-/m1/s1. The first-order chi connectivity index (χ1) is 12.3. The zero-order valence-corrected chi connectivity index (χ0v) is 17.0. The summed E-state index contributed by atoms with van der Waals surface area (Å²) >= 11 is -0.324. The van der Waals surface area contributed by atoms with Crippen molar-refractivity contribution in [2.24, 2.45) is 0 Å². The Morgan fingerprint density at radius 3 is 2.07 bits per heavy atom. The van der Waals surface area contributed by atoms with Gasteiger partial charge in [0.05, 0.1) is 6.54 Å². The van der Waals surface area contributed by atoms with Crippen LogP contribution in [-0.2, 0) is 24.2 Å². The Morgan fingerprint density at radius 1 is 1.18 bits per heavy atom. The first-order valence-corrected chi connectivity index (χ1v) is 9.68. The fraction of sp³-hybridized carbons (Fsp3) is 0.833. The molecule has 2 atom stereocenters. The molecule has 0 aromatic rings. The molecule has 1 fully saturated rings. The Hall–Kier alpha value is -0.300. The summed E-state index contributed by atoms with van der Waals surface area (Å²) in [4.78, 5) is 0. The van der Waals surface area contributed by atoms with Gasteiger partial charge in [0.15, 0.2) is 6.29 Å². The first-order valence-electron chi connectivity index (χ1n) is 7.16. The van der Waals surface area contributed by atoms with E-state index >= 15 is 0 Å². The quantitative estimate of drug-likeness (QED) is 0.185. The van der Waals surface area contributed by atoms with Gasteiger partial charge in [-0.1, -0.05) is 6.58 Å². The third-order valence-corrected chi connectivity index (χ3v) is 5.67. The highest BCUT2D eigenvalue weighted by Crippen LogP contribution is 2.50. The van der Waals surface area contributed by atoms with E-state index in [-0.39, 0.29) is 39.1 Å². The van der Waals surface area contributed by atoms with Crippen LogP contribution in [0.3, 0.4) is 0 Å². The van der Waals surface area contributed by atoms with Crippen LogP contribution in [0.25, 0.3) is 0 Å². The molecule has 6 nitrogen and oxygen atoms in total. The average Bonchev–Trinajstić information content (AvgIpc) is 2.90. The van der Waals surface area contributed by atoms with E-state index in [4.69, 9.17) is 9.47 Å². The van der Waals surface area contributed by atoms with Gasteiger partial charge in [0.1, 0.15) is 6.23 Å². The Morgan fingerprint density at radius 2 is 1.68 bits per heavy atom. The molecular weight excluding hydrogens is 549 g/mol. The number of ether oxygens (including phenoxy) is 3. The Kier molecular flexibility index (Phi) is 7.43. The number of hydrogen-bond donors (Lipinski definition) is 0. The Bertz CT molecular complexity index is 699. The zero-order valence-electron chi connectivity index (χ0n) is 14.1. The van der Waals surface area contributed by atoms with Gasteiger partial charge in [-0.15, -0.1) is 0 Å². The fourth-order valence-electron chi connectivity index (χ4n) is 1.94. The number of sulfonamides is 1. The maximum atomic E-state index is 14.1. The minimum Gasteiger partial charge on any atom is -0.351 e. The van der Waals surface area contributed by atoms with Crippen molar-refractivity contribution in [3.8, 4) is 0 Å². The molecule has 0 unspecified atom stereocenters. The maximum absolute atomic E-state index is 14.1. The lowest BCUT2D eigenvalue weighted by Gasteiger charge is -2.33. The van der Waals surface area contributed by atoms with Gasteiger partial charge in [-0.3, -0.25) is 0 Å². The predicted octanol–water partition coefficient (Wildman–Crippen LogP) is 3.74. The van der Waals surface area contributed by atoms with E-state index in [1.54, 1.807) is 0 Å². The molecule has 0 bridgehead atoms. The van der Waals surface area contributed by atoms with Crippen molar-refractivity contribution < 1.29 is 57.8 Å². The summed E-state index contributed by atoms with van der Waals surface area (Å²) in [6.45, 7) is 4.71. The molecule has 16 heteroatoms. The number of hydrogen-bond acceptors (Lipinski definition) is 5. The van der Waals surface area contributed by atoms with Crippen LogP contribution in [0.15, 0.2) is 12.2 Å². The highest BCUT2D eigenvalue weighted by molar-refractivity contribution is 14.1. The number of rotatable bonds is 9. The second-order valence-electron chi connectivity index (χ2n) is 5.44. The van der Waals surface area contributed by atoms with E-state index in [0.29, 0.717) is 0 Å². The number of halogens is 9. The molecule has 1 aliphatic heterocycles. The molecule has 0 N–H and O–H groups in total. The molecule has 1 aliphatic rings. The molecule has 1 saturated heterocycles. The second-order valence-corrected chi connectivity index (χ2v) is 8.73. The summed E-state index contributed by atoms with van der Waals surface area (Å²) in [5.41, 5.74) is -0.227. The van der Waals surface area contributed by atoms with E-state index in [2.05, 4.69) is 11.3 Å². The van der Waals surface area contributed by atoms with Gasteiger partial charge in [-0.25, -0.2) is 13.2 Å². The van der Waals surface area contributed by atoms with Crippen molar-refractivity contribution in [2.75, 3.05) is 13.2 Å². The van der Waals surface area contributed by atoms with E-state index in [9.17, 15) is 43.5 Å². The van der Waals surface area contributed by atoms with Gasteiger partial charge in [0, 0.05) is 29.2 Å². The number of alkyl halides is 9. The smallest absolute Gasteiger partial charge is 0.351 e. The van der Waals surface area contributed by atoms with Gasteiger partial charge in [0.25, 0.3) is 10.0 Å². The summed E-state index contributed by atoms with van der Waals surface area (Å²) in [5.74, 6) is 0. The third kappa shape index (κ3) is 4.71. The van der Waals surface area contributed by atoms with E-state index in [1.807, 2.05) is 0 Å². The highest BCUT2D eigenvalue weighted by atomic mass is 127. The van der Waals surface area contributed by atoms with Gasteiger partial charge in [-0.2, -0.15) is 39.4 Å². The predicted molar refractivity (Wildman–Crippen MR) is 85.6 cm³/mol. The van der Waals surface area contributed by atoms with Crippen molar-refractivity contribution >= 4 is 32.6 Å². The van der Waals surface area contributed by atoms with Crippen LogP contribution in [0.2, 0.25) is 0 Å². The summed E-state index contributed by atoms with van der Waals surface area (Å²) in [5, 5.41) is -6.37. The van der Waals surface area contributed by atoms with Crippen LogP contribution in [0.5, 0.6) is 0 Å². The van der Waals surface area contributed by atoms with Crippen LogP contribution < -0.4 is 0 Å². The monoisotopic (exact) mass is 563 g/mol.